The van der Waals surface area contributed by atoms with Crippen molar-refractivity contribution in [2.24, 2.45) is 0 Å². The maximum atomic E-state index is 5.34. The van der Waals surface area contributed by atoms with Crippen LogP contribution in [-0.4, -0.2) is 19.9 Å². The van der Waals surface area contributed by atoms with E-state index < -0.39 is 0 Å². The molecule has 0 amide bonds. The van der Waals surface area contributed by atoms with E-state index in [-0.39, 0.29) is 0 Å². The van der Waals surface area contributed by atoms with Gasteiger partial charge >= 0.3 is 0 Å². The van der Waals surface area contributed by atoms with Crippen LogP contribution < -0.4 is 0 Å². The molecule has 0 spiro atoms. The number of hydrogen-bond donors (Lipinski definition) is 1. The number of fused-ring (bicyclic) bond motifs is 7. The van der Waals surface area contributed by atoms with E-state index >= 15 is 0 Å². The third kappa shape index (κ3) is 4.49. The molecule has 10 rings (SSSR count). The smallest absolute Gasteiger partial charge is 0.157 e. The molecule has 0 aliphatic rings. The standard InChI is InChI=1S/C45H28N4/c1-3-10-34-30(8-1)23-25-37-41(38-26-24-31-9-2-4-11-35(31)43(38)48-42(34)37)33-21-17-29(18-22-33)28-15-19-32(20-16-28)36-12-7-14-39-44(36)49-45(47-39)40-13-5-6-27-46-40/h1-27H,(H,47,49). The van der Waals surface area contributed by atoms with Crippen LogP contribution >= 0.6 is 0 Å². The molecule has 0 aliphatic carbocycles. The molecule has 3 aromatic heterocycles. The van der Waals surface area contributed by atoms with Crippen molar-refractivity contribution in [2.75, 3.05) is 0 Å². The molecule has 0 atom stereocenters. The lowest BCUT2D eigenvalue weighted by Crippen LogP contribution is -1.92. The predicted molar refractivity (Wildman–Crippen MR) is 203 cm³/mol. The maximum Gasteiger partial charge on any atom is 0.157 e. The van der Waals surface area contributed by atoms with Gasteiger partial charge in [-0.2, -0.15) is 0 Å². The molecule has 0 aliphatic heterocycles. The number of H-pyrrole nitrogens is 1. The Morgan fingerprint density at radius 2 is 0.980 bits per heavy atom. The largest absolute Gasteiger partial charge is 0.337 e. The maximum absolute atomic E-state index is 5.34. The van der Waals surface area contributed by atoms with Gasteiger partial charge in [-0.3, -0.25) is 4.98 Å². The normalized spacial score (nSPS) is 11.7. The summed E-state index contributed by atoms with van der Waals surface area (Å²) in [6.45, 7) is 0. The second-order valence-corrected chi connectivity index (χ2v) is 12.5. The fourth-order valence-corrected chi connectivity index (χ4v) is 7.28. The number of aromatic nitrogens is 4. The first-order chi connectivity index (χ1) is 24.3. The predicted octanol–water partition coefficient (Wildman–Crippen LogP) is 11.6. The first-order valence-electron chi connectivity index (χ1n) is 16.5. The fraction of sp³-hybridized carbons (Fsp3) is 0. The van der Waals surface area contributed by atoms with Crippen LogP contribution in [0.15, 0.2) is 164 Å². The van der Waals surface area contributed by atoms with Crippen molar-refractivity contribution in [3.05, 3.63) is 164 Å². The van der Waals surface area contributed by atoms with Gasteiger partial charge in [0.2, 0.25) is 0 Å². The molecule has 49 heavy (non-hydrogen) atoms. The second kappa shape index (κ2) is 11.0. The number of benzene rings is 7. The van der Waals surface area contributed by atoms with E-state index in [0.717, 1.165) is 55.5 Å². The van der Waals surface area contributed by atoms with Crippen LogP contribution in [-0.2, 0) is 0 Å². The summed E-state index contributed by atoms with van der Waals surface area (Å²) in [5.74, 6) is 0.774. The van der Waals surface area contributed by atoms with Gasteiger partial charge in [-0.15, -0.1) is 0 Å². The van der Waals surface area contributed by atoms with Gasteiger partial charge in [-0.25, -0.2) is 9.97 Å². The Morgan fingerprint density at radius 3 is 1.61 bits per heavy atom. The van der Waals surface area contributed by atoms with Gasteiger partial charge in [0.1, 0.15) is 5.69 Å². The summed E-state index contributed by atoms with van der Waals surface area (Å²) < 4.78 is 0. The van der Waals surface area contributed by atoms with Crippen molar-refractivity contribution in [1.82, 2.24) is 19.9 Å². The Kier molecular flexibility index (Phi) is 6.15. The van der Waals surface area contributed by atoms with Crippen molar-refractivity contribution < 1.29 is 0 Å². The fourth-order valence-electron chi connectivity index (χ4n) is 7.28. The zero-order chi connectivity index (χ0) is 32.3. The Balaban J connectivity index is 1.06. The Bertz CT molecular complexity index is 2760. The van der Waals surface area contributed by atoms with Gasteiger partial charge in [0.05, 0.1) is 22.1 Å². The van der Waals surface area contributed by atoms with E-state index in [4.69, 9.17) is 9.97 Å². The van der Waals surface area contributed by atoms with E-state index in [0.29, 0.717) is 0 Å². The molecule has 0 saturated heterocycles. The van der Waals surface area contributed by atoms with Crippen LogP contribution in [0.5, 0.6) is 0 Å². The highest BCUT2D eigenvalue weighted by atomic mass is 14.9. The molecular weight excluding hydrogens is 597 g/mol. The lowest BCUT2D eigenvalue weighted by atomic mass is 9.91. The van der Waals surface area contributed by atoms with Gasteiger partial charge in [0.25, 0.3) is 0 Å². The van der Waals surface area contributed by atoms with Gasteiger partial charge in [-0.1, -0.05) is 140 Å². The lowest BCUT2D eigenvalue weighted by Gasteiger charge is -2.15. The number of imidazole rings is 1. The summed E-state index contributed by atoms with van der Waals surface area (Å²) >= 11 is 0. The molecule has 0 unspecified atom stereocenters. The molecule has 1 N–H and O–H groups in total. The molecule has 228 valence electrons. The third-order valence-corrected chi connectivity index (χ3v) is 9.69. The zero-order valence-corrected chi connectivity index (χ0v) is 26.4. The monoisotopic (exact) mass is 624 g/mol. The third-order valence-electron chi connectivity index (χ3n) is 9.69. The Hall–Kier alpha value is -6.65. The van der Waals surface area contributed by atoms with Gasteiger partial charge < -0.3 is 4.98 Å². The quantitative estimate of drug-likeness (QED) is 0.157. The molecule has 0 fully saturated rings. The van der Waals surface area contributed by atoms with Crippen molar-refractivity contribution >= 4 is 54.4 Å². The first-order valence-corrected chi connectivity index (χ1v) is 16.5. The minimum Gasteiger partial charge on any atom is -0.337 e. The lowest BCUT2D eigenvalue weighted by molar-refractivity contribution is 1.24. The summed E-state index contributed by atoms with van der Waals surface area (Å²) in [5, 5.41) is 7.07. The average Bonchev–Trinajstić information content (AvgIpc) is 3.62. The van der Waals surface area contributed by atoms with Crippen LogP contribution in [0.25, 0.3) is 99.3 Å². The second-order valence-electron chi connectivity index (χ2n) is 12.5. The van der Waals surface area contributed by atoms with Crippen LogP contribution in [0.4, 0.5) is 0 Å². The molecule has 10 aromatic rings. The summed E-state index contributed by atoms with van der Waals surface area (Å²) in [5.41, 5.74) is 11.8. The van der Waals surface area contributed by atoms with Gasteiger partial charge in [0, 0.05) is 38.9 Å². The van der Waals surface area contributed by atoms with Crippen LogP contribution in [0.2, 0.25) is 0 Å². The van der Waals surface area contributed by atoms with Gasteiger partial charge in [-0.05, 0) is 51.2 Å². The topological polar surface area (TPSA) is 54.5 Å². The van der Waals surface area contributed by atoms with Crippen LogP contribution in [0.3, 0.4) is 0 Å². The number of rotatable bonds is 4. The summed E-state index contributed by atoms with van der Waals surface area (Å²) in [4.78, 5) is 18.2. The average molecular weight is 625 g/mol. The summed E-state index contributed by atoms with van der Waals surface area (Å²) in [7, 11) is 0. The van der Waals surface area contributed by atoms with E-state index in [1.807, 2.05) is 18.2 Å². The highest BCUT2D eigenvalue weighted by Gasteiger charge is 2.16. The number of aromatic amines is 1. The SMILES string of the molecule is c1ccc(-c2nc3c(-c4ccc(-c5ccc(-c6c7ccc8ccccc8c7nc7c6ccc6ccccc67)cc5)cc4)cccc3[nH]2)nc1. The summed E-state index contributed by atoms with van der Waals surface area (Å²) in [6.07, 6.45) is 1.79. The van der Waals surface area contributed by atoms with Crippen molar-refractivity contribution in [2.45, 2.75) is 0 Å². The number of hydrogen-bond acceptors (Lipinski definition) is 3. The highest BCUT2D eigenvalue weighted by Crippen LogP contribution is 2.40. The van der Waals surface area contributed by atoms with Crippen molar-refractivity contribution in [3.8, 4) is 44.9 Å². The van der Waals surface area contributed by atoms with Gasteiger partial charge in [0.15, 0.2) is 5.82 Å². The van der Waals surface area contributed by atoms with E-state index in [1.54, 1.807) is 6.20 Å². The Labute approximate surface area is 282 Å². The molecule has 0 bridgehead atoms. The first kappa shape index (κ1) is 27.5. The number of para-hydroxylation sites is 1. The number of pyridine rings is 2. The Morgan fingerprint density at radius 1 is 0.388 bits per heavy atom. The van der Waals surface area contributed by atoms with Crippen LogP contribution in [0, 0.1) is 0 Å². The summed E-state index contributed by atoms with van der Waals surface area (Å²) in [6, 6.07) is 55.9. The van der Waals surface area contributed by atoms with E-state index in [1.165, 1.54) is 43.8 Å². The van der Waals surface area contributed by atoms with Crippen LogP contribution in [0.1, 0.15) is 0 Å². The molecule has 0 saturated carbocycles. The van der Waals surface area contributed by atoms with E-state index in [9.17, 15) is 0 Å². The van der Waals surface area contributed by atoms with Crippen molar-refractivity contribution in [3.63, 3.8) is 0 Å². The molecule has 0 radical (unpaired) electrons. The van der Waals surface area contributed by atoms with Crippen molar-refractivity contribution in [1.29, 1.82) is 0 Å². The molecule has 4 heteroatoms. The number of nitrogens with zero attached hydrogens (tertiary/aromatic N) is 3. The minimum atomic E-state index is 0.774. The minimum absolute atomic E-state index is 0.774. The molecule has 7 aromatic carbocycles. The highest BCUT2D eigenvalue weighted by molar-refractivity contribution is 6.21. The molecular formula is C45H28N4. The van der Waals surface area contributed by atoms with E-state index in [2.05, 4.69) is 149 Å². The zero-order valence-electron chi connectivity index (χ0n) is 26.4. The molecule has 4 nitrogen and oxygen atoms in total. The number of nitrogens with one attached hydrogen (secondary N) is 1. The molecule has 3 heterocycles.